The molecule has 8 heteroatoms. The Hall–Kier alpha value is -2.87. The van der Waals surface area contributed by atoms with Crippen LogP contribution in [0.3, 0.4) is 0 Å². The Labute approximate surface area is 169 Å². The molecule has 1 atom stereocenters. The van der Waals surface area contributed by atoms with Gasteiger partial charge in [0.05, 0.1) is 34.9 Å². The topological polar surface area (TPSA) is 74.1 Å². The van der Waals surface area contributed by atoms with Gasteiger partial charge in [0.15, 0.2) is 5.82 Å². The fraction of sp³-hybridized carbons (Fsp3) is 0.429. The van der Waals surface area contributed by atoms with Gasteiger partial charge in [-0.2, -0.15) is 4.98 Å². The molecular weight excluding hydrogens is 377 g/mol. The number of hydrogen-bond donors (Lipinski definition) is 2. The van der Waals surface area contributed by atoms with Crippen molar-refractivity contribution in [2.45, 2.75) is 18.8 Å². The molecule has 0 fully saturated rings. The first-order chi connectivity index (χ1) is 13.8. The number of methoxy groups -OCH3 is 2. The van der Waals surface area contributed by atoms with Crippen LogP contribution in [0.2, 0.25) is 0 Å². The third-order valence-electron chi connectivity index (χ3n) is 5.20. The quantitative estimate of drug-likeness (QED) is 0.540. The molecule has 0 saturated heterocycles. The molecule has 3 rings (SSSR count). The lowest BCUT2D eigenvalue weighted by Crippen LogP contribution is -3.05. The van der Waals surface area contributed by atoms with Crippen molar-refractivity contribution in [1.82, 2.24) is 4.98 Å². The summed E-state index contributed by atoms with van der Waals surface area (Å²) in [6.45, 7) is 3.86. The van der Waals surface area contributed by atoms with E-state index < -0.39 is 11.8 Å². The first-order valence-corrected chi connectivity index (χ1v) is 9.46. The maximum atomic E-state index is 14.6. The summed E-state index contributed by atoms with van der Waals surface area (Å²) < 4.78 is 30.2. The summed E-state index contributed by atoms with van der Waals surface area (Å²) in [5.74, 6) is -1.56. The van der Waals surface area contributed by atoms with E-state index in [1.807, 2.05) is 6.07 Å². The highest BCUT2D eigenvalue weighted by atomic mass is 19.1. The van der Waals surface area contributed by atoms with Crippen LogP contribution < -0.4 is 24.4 Å². The molecule has 1 unspecified atom stereocenters. The van der Waals surface area contributed by atoms with Crippen LogP contribution in [0.25, 0.3) is 0 Å². The van der Waals surface area contributed by atoms with Crippen molar-refractivity contribution < 1.29 is 28.3 Å². The van der Waals surface area contributed by atoms with Gasteiger partial charge in [-0.15, -0.1) is 0 Å². The zero-order chi connectivity index (χ0) is 21.2. The minimum absolute atomic E-state index is 0.0638. The number of ether oxygens (including phenoxy) is 3. The number of pyridine rings is 1. The van der Waals surface area contributed by atoms with Crippen molar-refractivity contribution in [2.75, 3.05) is 46.7 Å². The Balaban J connectivity index is 1.95. The van der Waals surface area contributed by atoms with E-state index in [1.165, 1.54) is 25.2 Å². The maximum Gasteiger partial charge on any atom is 0.346 e. The molecule has 0 bridgehead atoms. The third-order valence-corrected chi connectivity index (χ3v) is 5.20. The first-order valence-electron chi connectivity index (χ1n) is 9.46. The van der Waals surface area contributed by atoms with Crippen LogP contribution in [0.5, 0.6) is 17.5 Å². The average Bonchev–Trinajstić information content (AvgIpc) is 3.05. The second-order valence-corrected chi connectivity index (χ2v) is 7.72. The lowest BCUT2D eigenvalue weighted by Gasteiger charge is -2.26. The zero-order valence-corrected chi connectivity index (χ0v) is 17.4. The predicted molar refractivity (Wildman–Crippen MR) is 107 cm³/mol. The molecule has 1 aromatic heterocycles. The number of aromatic nitrogens is 1. The molecule has 7 nitrogen and oxygen atoms in total. The van der Waals surface area contributed by atoms with Gasteiger partial charge in [0.25, 0.3) is 5.88 Å². The van der Waals surface area contributed by atoms with Crippen molar-refractivity contribution in [3.05, 3.63) is 41.2 Å². The Kier molecular flexibility index (Phi) is 5.93. The highest BCUT2D eigenvalue weighted by Gasteiger charge is 2.38. The molecule has 2 aromatic rings. The van der Waals surface area contributed by atoms with Gasteiger partial charge in [0, 0.05) is 35.7 Å². The molecule has 156 valence electrons. The Morgan fingerprint density at radius 1 is 1.31 bits per heavy atom. The smallest absolute Gasteiger partial charge is 0.346 e. The van der Waals surface area contributed by atoms with E-state index in [4.69, 9.17) is 14.2 Å². The van der Waals surface area contributed by atoms with Crippen molar-refractivity contribution >= 4 is 11.7 Å². The fourth-order valence-electron chi connectivity index (χ4n) is 3.53. The van der Waals surface area contributed by atoms with E-state index >= 15 is 0 Å². The molecule has 0 spiro atoms. The zero-order valence-electron chi connectivity index (χ0n) is 17.4. The Bertz CT molecular complexity index is 919. The molecule has 29 heavy (non-hydrogen) atoms. The SMILES string of the molecule is COc1cc(C(=O)Oc2cccc3c2C(C)(CC[NH+](C)C)CN3)c(F)c(OC)n1. The molecule has 0 radical (unpaired) electrons. The standard InChI is InChI=1S/C21H26FN3O4/c1-21(9-10-25(2)3)12-23-14-7-6-8-15(17(14)21)29-20(26)13-11-16(27-4)24-19(28-5)18(13)22/h6-8,11,23H,9-10,12H2,1-5H3/p+1. The maximum absolute atomic E-state index is 14.6. The molecular formula is C21H27FN3O4+. The average molecular weight is 404 g/mol. The van der Waals surface area contributed by atoms with E-state index in [2.05, 4.69) is 31.3 Å². The van der Waals surface area contributed by atoms with Crippen LogP contribution >= 0.6 is 0 Å². The summed E-state index contributed by atoms with van der Waals surface area (Å²) in [4.78, 5) is 18.0. The highest BCUT2D eigenvalue weighted by molar-refractivity contribution is 5.92. The van der Waals surface area contributed by atoms with Crippen LogP contribution in [0.4, 0.5) is 10.1 Å². The van der Waals surface area contributed by atoms with Crippen LogP contribution in [0, 0.1) is 5.82 Å². The van der Waals surface area contributed by atoms with Gasteiger partial charge in [-0.25, -0.2) is 9.18 Å². The van der Waals surface area contributed by atoms with Crippen LogP contribution in [0.15, 0.2) is 24.3 Å². The summed E-state index contributed by atoms with van der Waals surface area (Å²) in [7, 11) is 6.85. The predicted octanol–water partition coefficient (Wildman–Crippen LogP) is 1.67. The molecule has 2 N–H and O–H groups in total. The Morgan fingerprint density at radius 3 is 2.72 bits per heavy atom. The summed E-state index contributed by atoms with van der Waals surface area (Å²) in [6.07, 6.45) is 0.912. The van der Waals surface area contributed by atoms with E-state index in [-0.39, 0.29) is 22.7 Å². The fourth-order valence-corrected chi connectivity index (χ4v) is 3.53. The monoisotopic (exact) mass is 404 g/mol. The number of hydrogen-bond acceptors (Lipinski definition) is 6. The van der Waals surface area contributed by atoms with Crippen molar-refractivity contribution in [2.24, 2.45) is 0 Å². The molecule has 0 aliphatic carbocycles. The number of quaternary nitrogens is 1. The van der Waals surface area contributed by atoms with Crippen molar-refractivity contribution in [3.63, 3.8) is 0 Å². The number of nitrogens with zero attached hydrogens (tertiary/aromatic N) is 1. The number of rotatable bonds is 7. The number of halogens is 1. The molecule has 1 aliphatic heterocycles. The van der Waals surface area contributed by atoms with Crippen LogP contribution in [-0.4, -0.2) is 52.4 Å². The summed E-state index contributed by atoms with van der Waals surface area (Å²) in [5.41, 5.74) is 1.37. The van der Waals surface area contributed by atoms with E-state index in [9.17, 15) is 9.18 Å². The minimum Gasteiger partial charge on any atom is -0.481 e. The number of benzene rings is 1. The Morgan fingerprint density at radius 2 is 2.07 bits per heavy atom. The lowest BCUT2D eigenvalue weighted by atomic mass is 9.80. The summed E-state index contributed by atoms with van der Waals surface area (Å²) in [6, 6.07) is 6.70. The second kappa shape index (κ2) is 8.24. The summed E-state index contributed by atoms with van der Waals surface area (Å²) in [5, 5.41) is 3.39. The number of fused-ring (bicyclic) bond motifs is 1. The molecule has 1 aliphatic rings. The van der Waals surface area contributed by atoms with Crippen molar-refractivity contribution in [3.8, 4) is 17.5 Å². The number of carbonyl (C=O) groups excluding carboxylic acids is 1. The number of carbonyl (C=O) groups is 1. The summed E-state index contributed by atoms with van der Waals surface area (Å²) >= 11 is 0. The number of anilines is 1. The van der Waals surface area contributed by atoms with Gasteiger partial charge in [0.2, 0.25) is 5.88 Å². The molecule has 0 saturated carbocycles. The van der Waals surface area contributed by atoms with E-state index in [0.717, 1.165) is 30.8 Å². The van der Waals surface area contributed by atoms with E-state index in [1.54, 1.807) is 12.1 Å². The van der Waals surface area contributed by atoms with Gasteiger partial charge in [0.1, 0.15) is 11.3 Å². The largest absolute Gasteiger partial charge is 0.481 e. The molecule has 1 aromatic carbocycles. The molecule has 0 amide bonds. The number of esters is 1. The second-order valence-electron chi connectivity index (χ2n) is 7.72. The van der Waals surface area contributed by atoms with Crippen LogP contribution in [0.1, 0.15) is 29.3 Å². The third kappa shape index (κ3) is 4.12. The lowest BCUT2D eigenvalue weighted by molar-refractivity contribution is -0.858. The highest BCUT2D eigenvalue weighted by Crippen LogP contribution is 2.44. The van der Waals surface area contributed by atoms with Gasteiger partial charge in [-0.05, 0) is 12.1 Å². The van der Waals surface area contributed by atoms with E-state index in [0.29, 0.717) is 5.75 Å². The van der Waals surface area contributed by atoms with Crippen molar-refractivity contribution in [1.29, 1.82) is 0 Å². The van der Waals surface area contributed by atoms with Crippen LogP contribution in [-0.2, 0) is 5.41 Å². The number of nitrogens with one attached hydrogen (secondary N) is 2. The minimum atomic E-state index is -0.886. The van der Waals surface area contributed by atoms with Gasteiger partial charge < -0.3 is 24.4 Å². The van der Waals surface area contributed by atoms with Gasteiger partial charge in [-0.1, -0.05) is 13.0 Å². The van der Waals surface area contributed by atoms with Gasteiger partial charge in [-0.3, -0.25) is 0 Å². The normalized spacial score (nSPS) is 17.6. The van der Waals surface area contributed by atoms with Gasteiger partial charge >= 0.3 is 5.97 Å². The molecule has 2 heterocycles. The first kappa shape index (κ1) is 20.9.